The van der Waals surface area contributed by atoms with Crippen LogP contribution in [0.2, 0.25) is 0 Å². The zero-order valence-corrected chi connectivity index (χ0v) is 8.66. The molecule has 0 radical (unpaired) electrons. The molecule has 1 aromatic carbocycles. The van der Waals surface area contributed by atoms with Gasteiger partial charge in [-0.05, 0) is 5.56 Å². The van der Waals surface area contributed by atoms with Gasteiger partial charge in [0.2, 0.25) is 5.88 Å². The van der Waals surface area contributed by atoms with Crippen molar-refractivity contribution in [1.82, 2.24) is 5.16 Å². The van der Waals surface area contributed by atoms with Crippen molar-refractivity contribution in [3.63, 3.8) is 0 Å². The molecule has 17 heavy (non-hydrogen) atoms. The maximum absolute atomic E-state index is 12.6. The number of anilines is 1. The minimum absolute atomic E-state index is 0.0466. The number of nitrogens with zero attached hydrogens (tertiary/aromatic N) is 1. The highest BCUT2D eigenvalue weighted by Gasteiger charge is 2.38. The SMILES string of the molecule is Nc1onc(C(F)(F)F)c1Cc1ccccc1. The number of nitrogen functional groups attached to an aromatic ring is 1. The number of halogens is 3. The molecule has 3 nitrogen and oxygen atoms in total. The number of alkyl halides is 3. The van der Waals surface area contributed by atoms with Crippen molar-refractivity contribution in [3.8, 4) is 0 Å². The molecule has 0 fully saturated rings. The quantitative estimate of drug-likeness (QED) is 0.880. The van der Waals surface area contributed by atoms with Gasteiger partial charge in [0, 0.05) is 6.42 Å². The van der Waals surface area contributed by atoms with Crippen LogP contribution < -0.4 is 5.73 Å². The largest absolute Gasteiger partial charge is 0.437 e. The number of hydrogen-bond donors (Lipinski definition) is 1. The topological polar surface area (TPSA) is 52.0 Å². The van der Waals surface area contributed by atoms with Crippen molar-refractivity contribution in [2.75, 3.05) is 5.73 Å². The number of aromatic nitrogens is 1. The number of hydrogen-bond acceptors (Lipinski definition) is 3. The molecule has 0 spiro atoms. The van der Waals surface area contributed by atoms with Crippen LogP contribution in [-0.4, -0.2) is 5.16 Å². The predicted molar refractivity (Wildman–Crippen MR) is 55.2 cm³/mol. The molecule has 0 aliphatic carbocycles. The highest BCUT2D eigenvalue weighted by atomic mass is 19.4. The van der Waals surface area contributed by atoms with E-state index in [4.69, 9.17) is 5.73 Å². The minimum Gasteiger partial charge on any atom is -0.367 e. The summed E-state index contributed by atoms with van der Waals surface area (Å²) in [5.74, 6) is -0.291. The number of rotatable bonds is 2. The standard InChI is InChI=1S/C11H9F3N2O/c12-11(13,14)9-8(10(15)17-16-9)6-7-4-2-1-3-5-7/h1-5H,6,15H2. The van der Waals surface area contributed by atoms with Crippen molar-refractivity contribution >= 4 is 5.88 Å². The molecule has 0 atom stereocenters. The number of nitrogens with two attached hydrogens (primary N) is 1. The van der Waals surface area contributed by atoms with E-state index < -0.39 is 11.9 Å². The van der Waals surface area contributed by atoms with Crippen LogP contribution in [0.4, 0.5) is 19.1 Å². The summed E-state index contributed by atoms with van der Waals surface area (Å²) in [5.41, 5.74) is 4.89. The third-order valence-electron chi connectivity index (χ3n) is 2.31. The third kappa shape index (κ3) is 2.41. The Morgan fingerprint density at radius 1 is 1.18 bits per heavy atom. The van der Waals surface area contributed by atoms with E-state index in [2.05, 4.69) is 9.68 Å². The van der Waals surface area contributed by atoms with E-state index in [1.165, 1.54) is 0 Å². The second-order valence-electron chi connectivity index (χ2n) is 3.53. The molecule has 0 saturated heterocycles. The molecule has 6 heteroatoms. The lowest BCUT2D eigenvalue weighted by molar-refractivity contribution is -0.143. The van der Waals surface area contributed by atoms with Gasteiger partial charge in [-0.3, -0.25) is 0 Å². The van der Waals surface area contributed by atoms with Crippen molar-refractivity contribution in [3.05, 3.63) is 47.2 Å². The Balaban J connectivity index is 2.36. The van der Waals surface area contributed by atoms with Crippen LogP contribution in [0.5, 0.6) is 0 Å². The molecule has 0 bridgehead atoms. The zero-order chi connectivity index (χ0) is 12.5. The second-order valence-corrected chi connectivity index (χ2v) is 3.53. The first-order chi connectivity index (χ1) is 7.98. The molecule has 1 aromatic heterocycles. The van der Waals surface area contributed by atoms with Gasteiger partial charge in [-0.2, -0.15) is 13.2 Å². The summed E-state index contributed by atoms with van der Waals surface area (Å²) >= 11 is 0. The van der Waals surface area contributed by atoms with Gasteiger partial charge in [0.15, 0.2) is 5.69 Å². The Hall–Kier alpha value is -1.98. The molecule has 1 heterocycles. The summed E-state index contributed by atoms with van der Waals surface area (Å²) in [7, 11) is 0. The molecule has 0 unspecified atom stereocenters. The van der Waals surface area contributed by atoms with E-state index in [0.29, 0.717) is 5.56 Å². The normalized spacial score (nSPS) is 11.7. The third-order valence-corrected chi connectivity index (χ3v) is 2.31. The van der Waals surface area contributed by atoms with Gasteiger partial charge >= 0.3 is 6.18 Å². The maximum Gasteiger partial charge on any atom is 0.437 e. The lowest BCUT2D eigenvalue weighted by Crippen LogP contribution is -2.09. The summed E-state index contributed by atoms with van der Waals surface area (Å²) in [5, 5.41) is 2.96. The first-order valence-electron chi connectivity index (χ1n) is 4.83. The van der Waals surface area contributed by atoms with E-state index in [0.717, 1.165) is 0 Å². The van der Waals surface area contributed by atoms with Gasteiger partial charge in [-0.1, -0.05) is 35.5 Å². The molecule has 2 rings (SSSR count). The Labute approximate surface area is 95.0 Å². The van der Waals surface area contributed by atoms with Crippen LogP contribution in [0, 0.1) is 0 Å². The Morgan fingerprint density at radius 3 is 2.41 bits per heavy atom. The van der Waals surface area contributed by atoms with E-state index in [1.807, 2.05) is 0 Å². The molecule has 2 aromatic rings. The zero-order valence-electron chi connectivity index (χ0n) is 8.66. The first kappa shape index (κ1) is 11.5. The van der Waals surface area contributed by atoms with E-state index in [9.17, 15) is 13.2 Å². The van der Waals surface area contributed by atoms with Gasteiger partial charge in [0.05, 0.1) is 5.56 Å². The second kappa shape index (κ2) is 4.12. The first-order valence-corrected chi connectivity index (χ1v) is 4.83. The summed E-state index contributed by atoms with van der Waals surface area (Å²) in [6, 6.07) is 8.70. The average molecular weight is 242 g/mol. The van der Waals surface area contributed by atoms with Crippen LogP contribution in [0.3, 0.4) is 0 Å². The van der Waals surface area contributed by atoms with E-state index in [-0.39, 0.29) is 17.9 Å². The van der Waals surface area contributed by atoms with Gasteiger partial charge in [0.1, 0.15) is 0 Å². The Kier molecular flexibility index (Phi) is 2.79. The van der Waals surface area contributed by atoms with Crippen molar-refractivity contribution in [1.29, 1.82) is 0 Å². The minimum atomic E-state index is -4.55. The molecule has 0 aliphatic rings. The summed E-state index contributed by atoms with van der Waals surface area (Å²) in [4.78, 5) is 0. The fourth-order valence-corrected chi connectivity index (χ4v) is 1.52. The smallest absolute Gasteiger partial charge is 0.367 e. The molecule has 0 aliphatic heterocycles. The summed E-state index contributed by atoms with van der Waals surface area (Å²) in [6.07, 6.45) is -4.50. The van der Waals surface area contributed by atoms with E-state index in [1.54, 1.807) is 30.3 Å². The fraction of sp³-hybridized carbons (Fsp3) is 0.182. The number of benzene rings is 1. The highest BCUT2D eigenvalue weighted by Crippen LogP contribution is 2.34. The monoisotopic (exact) mass is 242 g/mol. The molecule has 0 amide bonds. The van der Waals surface area contributed by atoms with Gasteiger partial charge in [-0.15, -0.1) is 0 Å². The average Bonchev–Trinajstić information content (AvgIpc) is 2.62. The molecule has 90 valence electrons. The van der Waals surface area contributed by atoms with Crippen LogP contribution >= 0.6 is 0 Å². The maximum atomic E-state index is 12.6. The lowest BCUT2D eigenvalue weighted by atomic mass is 10.0. The highest BCUT2D eigenvalue weighted by molar-refractivity contribution is 5.43. The predicted octanol–water partition coefficient (Wildman–Crippen LogP) is 2.87. The fourth-order valence-electron chi connectivity index (χ4n) is 1.52. The molecule has 2 N–H and O–H groups in total. The summed E-state index contributed by atoms with van der Waals surface area (Å²) in [6.45, 7) is 0. The Bertz CT molecular complexity index is 505. The molecular weight excluding hydrogens is 233 g/mol. The summed E-state index contributed by atoms with van der Waals surface area (Å²) < 4.78 is 42.2. The lowest BCUT2D eigenvalue weighted by Gasteiger charge is -2.05. The van der Waals surface area contributed by atoms with Crippen molar-refractivity contribution in [2.45, 2.75) is 12.6 Å². The Morgan fingerprint density at radius 2 is 1.82 bits per heavy atom. The molecular formula is C11H9F3N2O. The molecule has 0 saturated carbocycles. The van der Waals surface area contributed by atoms with Crippen LogP contribution in [0.15, 0.2) is 34.9 Å². The van der Waals surface area contributed by atoms with Gasteiger partial charge in [-0.25, -0.2) is 0 Å². The van der Waals surface area contributed by atoms with Crippen molar-refractivity contribution < 1.29 is 17.7 Å². The van der Waals surface area contributed by atoms with Gasteiger partial charge in [0.25, 0.3) is 0 Å². The van der Waals surface area contributed by atoms with Crippen LogP contribution in [0.1, 0.15) is 16.8 Å². The van der Waals surface area contributed by atoms with Gasteiger partial charge < -0.3 is 10.3 Å². The van der Waals surface area contributed by atoms with Crippen molar-refractivity contribution in [2.24, 2.45) is 0 Å². The van der Waals surface area contributed by atoms with E-state index >= 15 is 0 Å². The van der Waals surface area contributed by atoms with Crippen LogP contribution in [0.25, 0.3) is 0 Å². The van der Waals surface area contributed by atoms with Crippen LogP contribution in [-0.2, 0) is 12.6 Å².